The van der Waals surface area contributed by atoms with Crippen molar-refractivity contribution in [3.63, 3.8) is 0 Å². The fourth-order valence-electron chi connectivity index (χ4n) is 1.52. The minimum Gasteiger partial charge on any atom is -0.388 e. The molecule has 0 fully saturated rings. The molecule has 5 heteroatoms. The fourth-order valence-corrected chi connectivity index (χ4v) is 1.52. The van der Waals surface area contributed by atoms with Gasteiger partial charge in [0.15, 0.2) is 11.5 Å². The van der Waals surface area contributed by atoms with Gasteiger partial charge >= 0.3 is 0 Å². The van der Waals surface area contributed by atoms with Crippen molar-refractivity contribution < 1.29 is 19.4 Å². The number of benzene rings is 1. The van der Waals surface area contributed by atoms with Gasteiger partial charge in [-0.05, 0) is 32.0 Å². The summed E-state index contributed by atoms with van der Waals surface area (Å²) in [5.74, 6) is -0.935. The van der Waals surface area contributed by atoms with E-state index in [1.807, 2.05) is 0 Å². The number of aliphatic hydroxyl groups is 2. The van der Waals surface area contributed by atoms with E-state index >= 15 is 0 Å². The van der Waals surface area contributed by atoms with Gasteiger partial charge < -0.3 is 15.5 Å². The highest BCUT2D eigenvalue weighted by Crippen LogP contribution is 2.24. The Balaban J connectivity index is 3.19. The number of anilines is 1. The molecule has 2 unspecified atom stereocenters. The molecule has 2 atom stereocenters. The van der Waals surface area contributed by atoms with Crippen LogP contribution in [0.1, 0.15) is 38.1 Å². The van der Waals surface area contributed by atoms with E-state index in [9.17, 15) is 19.4 Å². The van der Waals surface area contributed by atoms with E-state index in [1.165, 1.54) is 26.0 Å². The number of hydrogen-bond acceptors (Lipinski definition) is 4. The first-order chi connectivity index (χ1) is 8.65. The maximum absolute atomic E-state index is 13.3. The normalized spacial score (nSPS) is 16.0. The van der Waals surface area contributed by atoms with E-state index in [1.54, 1.807) is 13.8 Å². The second-order valence-electron chi connectivity index (χ2n) is 5.16. The standard InChI is InChI=1S/C14H20FNO3/c1-8(2)13(18)11-6-5-10(15)7-12(11)16-14(4,19)9(3)17/h5-9,16-17,19H,1-4H3. The lowest BCUT2D eigenvalue weighted by Crippen LogP contribution is -2.45. The van der Waals surface area contributed by atoms with Crippen molar-refractivity contribution in [3.8, 4) is 0 Å². The first-order valence-corrected chi connectivity index (χ1v) is 6.17. The minimum absolute atomic E-state index is 0.163. The Hall–Kier alpha value is -1.46. The van der Waals surface area contributed by atoms with E-state index in [0.29, 0.717) is 0 Å². The van der Waals surface area contributed by atoms with Gasteiger partial charge in [0, 0.05) is 11.5 Å². The van der Waals surface area contributed by atoms with Crippen LogP contribution >= 0.6 is 0 Å². The number of ketones is 1. The highest BCUT2D eigenvalue weighted by molar-refractivity contribution is 6.02. The summed E-state index contributed by atoms with van der Waals surface area (Å²) < 4.78 is 13.3. The van der Waals surface area contributed by atoms with Crippen LogP contribution in [-0.4, -0.2) is 27.8 Å². The van der Waals surface area contributed by atoms with Gasteiger partial charge in [0.1, 0.15) is 5.82 Å². The van der Waals surface area contributed by atoms with Crippen LogP contribution in [0.4, 0.5) is 10.1 Å². The molecule has 0 amide bonds. The zero-order valence-corrected chi connectivity index (χ0v) is 11.6. The molecule has 0 aliphatic carbocycles. The molecule has 106 valence electrons. The molecule has 0 spiro atoms. The molecule has 0 heterocycles. The van der Waals surface area contributed by atoms with Gasteiger partial charge in [0.2, 0.25) is 0 Å². The molecule has 1 rings (SSSR count). The maximum atomic E-state index is 13.3. The molecule has 0 aliphatic rings. The fraction of sp³-hybridized carbons (Fsp3) is 0.500. The summed E-state index contributed by atoms with van der Waals surface area (Å²) in [6.45, 7) is 6.23. The number of aliphatic hydroxyl groups excluding tert-OH is 1. The predicted molar refractivity (Wildman–Crippen MR) is 71.5 cm³/mol. The Morgan fingerprint density at radius 1 is 1.37 bits per heavy atom. The molecule has 4 nitrogen and oxygen atoms in total. The lowest BCUT2D eigenvalue weighted by Gasteiger charge is -2.30. The van der Waals surface area contributed by atoms with Crippen LogP contribution in [0.5, 0.6) is 0 Å². The molecule has 0 saturated carbocycles. The lowest BCUT2D eigenvalue weighted by atomic mass is 9.98. The van der Waals surface area contributed by atoms with E-state index in [4.69, 9.17) is 0 Å². The molecule has 0 aliphatic heterocycles. The first kappa shape index (κ1) is 15.6. The number of carbonyl (C=O) groups is 1. The van der Waals surface area contributed by atoms with Crippen LogP contribution in [0.15, 0.2) is 18.2 Å². The van der Waals surface area contributed by atoms with Crippen LogP contribution in [0.25, 0.3) is 0 Å². The Morgan fingerprint density at radius 2 is 1.95 bits per heavy atom. The van der Waals surface area contributed by atoms with Crippen molar-refractivity contribution in [3.05, 3.63) is 29.6 Å². The number of halogens is 1. The summed E-state index contributed by atoms with van der Waals surface area (Å²) in [4.78, 5) is 12.0. The zero-order valence-electron chi connectivity index (χ0n) is 11.6. The van der Waals surface area contributed by atoms with Crippen molar-refractivity contribution in [2.24, 2.45) is 5.92 Å². The average molecular weight is 269 g/mol. The molecule has 0 saturated heterocycles. The van der Waals surface area contributed by atoms with Crippen LogP contribution in [0.3, 0.4) is 0 Å². The number of rotatable bonds is 5. The Kier molecular flexibility index (Phi) is 4.66. The third-order valence-corrected chi connectivity index (χ3v) is 2.97. The summed E-state index contributed by atoms with van der Waals surface area (Å²) in [6.07, 6.45) is -1.09. The van der Waals surface area contributed by atoms with Gasteiger partial charge in [-0.3, -0.25) is 4.79 Å². The zero-order chi connectivity index (χ0) is 14.8. The summed E-state index contributed by atoms with van der Waals surface area (Å²) in [5.41, 5.74) is -1.19. The summed E-state index contributed by atoms with van der Waals surface area (Å²) in [7, 11) is 0. The molecular weight excluding hydrogens is 249 g/mol. The van der Waals surface area contributed by atoms with Crippen LogP contribution in [0, 0.1) is 11.7 Å². The lowest BCUT2D eigenvalue weighted by molar-refractivity contribution is -0.0303. The average Bonchev–Trinajstić information content (AvgIpc) is 2.27. The van der Waals surface area contributed by atoms with E-state index < -0.39 is 17.6 Å². The minimum atomic E-state index is -1.65. The van der Waals surface area contributed by atoms with Crippen LogP contribution in [-0.2, 0) is 0 Å². The summed E-state index contributed by atoms with van der Waals surface area (Å²) in [5, 5.41) is 22.1. The van der Waals surface area contributed by atoms with Crippen molar-refractivity contribution >= 4 is 11.5 Å². The molecule has 0 radical (unpaired) electrons. The van der Waals surface area contributed by atoms with E-state index in [0.717, 1.165) is 6.07 Å². The number of hydrogen-bond donors (Lipinski definition) is 3. The van der Waals surface area contributed by atoms with Gasteiger partial charge in [-0.15, -0.1) is 0 Å². The van der Waals surface area contributed by atoms with Gasteiger partial charge in [0.05, 0.1) is 11.8 Å². The smallest absolute Gasteiger partial charge is 0.167 e. The quantitative estimate of drug-likeness (QED) is 0.566. The van der Waals surface area contributed by atoms with Crippen molar-refractivity contribution in [1.29, 1.82) is 0 Å². The van der Waals surface area contributed by atoms with Crippen LogP contribution in [0.2, 0.25) is 0 Å². The number of nitrogens with one attached hydrogen (secondary N) is 1. The Morgan fingerprint density at radius 3 is 2.42 bits per heavy atom. The molecule has 1 aromatic carbocycles. The van der Waals surface area contributed by atoms with E-state index in [-0.39, 0.29) is 23.0 Å². The Bertz CT molecular complexity index is 470. The molecule has 1 aromatic rings. The molecule has 0 aromatic heterocycles. The van der Waals surface area contributed by atoms with Crippen molar-refractivity contribution in [2.45, 2.75) is 39.5 Å². The SMILES string of the molecule is CC(C)C(=O)c1ccc(F)cc1NC(C)(O)C(C)O. The topological polar surface area (TPSA) is 69.6 Å². The van der Waals surface area contributed by atoms with Gasteiger partial charge in [0.25, 0.3) is 0 Å². The van der Waals surface area contributed by atoms with E-state index in [2.05, 4.69) is 5.32 Å². The summed E-state index contributed by atoms with van der Waals surface area (Å²) in [6, 6.07) is 3.70. The van der Waals surface area contributed by atoms with Crippen molar-refractivity contribution in [1.82, 2.24) is 0 Å². The summed E-state index contributed by atoms with van der Waals surface area (Å²) >= 11 is 0. The maximum Gasteiger partial charge on any atom is 0.167 e. The number of Topliss-reactive ketones (excluding diaryl/α,β-unsaturated/α-hetero) is 1. The van der Waals surface area contributed by atoms with Gasteiger partial charge in [-0.1, -0.05) is 13.8 Å². The van der Waals surface area contributed by atoms with Crippen molar-refractivity contribution in [2.75, 3.05) is 5.32 Å². The first-order valence-electron chi connectivity index (χ1n) is 6.17. The van der Waals surface area contributed by atoms with Gasteiger partial charge in [-0.25, -0.2) is 4.39 Å². The predicted octanol–water partition coefficient (Wildman–Crippen LogP) is 2.17. The second kappa shape index (κ2) is 5.67. The molecule has 19 heavy (non-hydrogen) atoms. The monoisotopic (exact) mass is 269 g/mol. The molecule has 3 N–H and O–H groups in total. The largest absolute Gasteiger partial charge is 0.388 e. The molecular formula is C14H20FNO3. The highest BCUT2D eigenvalue weighted by atomic mass is 19.1. The third-order valence-electron chi connectivity index (χ3n) is 2.97. The Labute approximate surface area is 112 Å². The van der Waals surface area contributed by atoms with Gasteiger partial charge in [-0.2, -0.15) is 0 Å². The third kappa shape index (κ3) is 3.75. The number of carbonyl (C=O) groups excluding carboxylic acids is 1. The highest BCUT2D eigenvalue weighted by Gasteiger charge is 2.28. The van der Waals surface area contributed by atoms with Crippen LogP contribution < -0.4 is 5.32 Å². The molecule has 0 bridgehead atoms. The second-order valence-corrected chi connectivity index (χ2v) is 5.16.